The number of ether oxygens (including phenoxy) is 1. The minimum absolute atomic E-state index is 0.223. The van der Waals surface area contributed by atoms with Crippen LogP contribution in [-0.4, -0.2) is 31.7 Å². The van der Waals surface area contributed by atoms with Crippen molar-refractivity contribution < 1.29 is 9.53 Å². The molecule has 0 aromatic heterocycles. The molecule has 1 saturated carbocycles. The molecule has 0 aliphatic heterocycles. The van der Waals surface area contributed by atoms with Crippen LogP contribution in [0.25, 0.3) is 0 Å². The van der Waals surface area contributed by atoms with E-state index in [9.17, 15) is 4.79 Å². The summed E-state index contributed by atoms with van der Waals surface area (Å²) in [6.45, 7) is 4.65. The van der Waals surface area contributed by atoms with Crippen molar-refractivity contribution >= 4 is 5.91 Å². The molecule has 1 rings (SSSR count). The minimum atomic E-state index is -0.272. The van der Waals surface area contributed by atoms with Gasteiger partial charge in [-0.05, 0) is 24.7 Å². The van der Waals surface area contributed by atoms with Gasteiger partial charge in [-0.2, -0.15) is 0 Å². The molecule has 1 fully saturated rings. The average molecular weight is 214 g/mol. The van der Waals surface area contributed by atoms with E-state index in [4.69, 9.17) is 10.5 Å². The van der Waals surface area contributed by atoms with Crippen molar-refractivity contribution in [2.75, 3.05) is 13.7 Å². The molecule has 1 aliphatic carbocycles. The van der Waals surface area contributed by atoms with Gasteiger partial charge in [0, 0.05) is 13.2 Å². The molecule has 0 aromatic carbocycles. The van der Waals surface area contributed by atoms with Crippen molar-refractivity contribution in [1.29, 1.82) is 0 Å². The van der Waals surface area contributed by atoms with Crippen LogP contribution in [0.15, 0.2) is 0 Å². The lowest BCUT2D eigenvalue weighted by Crippen LogP contribution is -2.51. The number of nitrogens with two attached hydrogens (primary N) is 1. The fourth-order valence-electron chi connectivity index (χ4n) is 1.83. The third kappa shape index (κ3) is 3.80. The van der Waals surface area contributed by atoms with Crippen molar-refractivity contribution in [1.82, 2.24) is 5.32 Å². The summed E-state index contributed by atoms with van der Waals surface area (Å²) in [5.41, 5.74) is 5.36. The number of carbonyl (C=O) groups excluding carboxylic acids is 1. The van der Waals surface area contributed by atoms with Crippen LogP contribution in [0.3, 0.4) is 0 Å². The summed E-state index contributed by atoms with van der Waals surface area (Å²) in [6.07, 6.45) is 2.45. The highest BCUT2D eigenvalue weighted by atomic mass is 16.5. The van der Waals surface area contributed by atoms with Crippen LogP contribution in [0.2, 0.25) is 0 Å². The normalized spacial score (nSPS) is 20.3. The first kappa shape index (κ1) is 12.5. The predicted octanol–water partition coefficient (Wildman–Crippen LogP) is 0.511. The van der Waals surface area contributed by atoms with E-state index in [1.54, 1.807) is 7.11 Å². The maximum absolute atomic E-state index is 11.2. The van der Waals surface area contributed by atoms with E-state index in [1.165, 1.54) is 12.8 Å². The number of hydrogen-bond donors (Lipinski definition) is 2. The average Bonchev–Trinajstić information content (AvgIpc) is 2.93. The summed E-state index contributed by atoms with van der Waals surface area (Å²) >= 11 is 0. The molecule has 4 heteroatoms. The number of carbonyl (C=O) groups is 1. The molecular weight excluding hydrogens is 192 g/mol. The highest BCUT2D eigenvalue weighted by Crippen LogP contribution is 2.33. The highest BCUT2D eigenvalue weighted by molar-refractivity contribution is 5.80. The van der Waals surface area contributed by atoms with E-state index in [0.29, 0.717) is 12.5 Å². The second kappa shape index (κ2) is 5.47. The van der Waals surface area contributed by atoms with E-state index >= 15 is 0 Å². The molecular formula is C11H22N2O2. The summed E-state index contributed by atoms with van der Waals surface area (Å²) < 4.78 is 5.15. The molecule has 2 unspecified atom stereocenters. The molecule has 0 aromatic rings. The standard InChI is InChI=1S/C11H22N2O2/c1-7(2)10(11(12)14)13-9(6-15-3)8-4-5-8/h7-10,13H,4-6H2,1-3H3,(H2,12,14). The van der Waals surface area contributed by atoms with Crippen molar-refractivity contribution in [3.8, 4) is 0 Å². The maximum Gasteiger partial charge on any atom is 0.234 e. The van der Waals surface area contributed by atoms with Crippen LogP contribution in [-0.2, 0) is 9.53 Å². The molecule has 1 aliphatic rings. The first-order chi connectivity index (χ1) is 7.06. The molecule has 0 saturated heterocycles. The Kier molecular flexibility index (Phi) is 4.54. The maximum atomic E-state index is 11.2. The van der Waals surface area contributed by atoms with Crippen molar-refractivity contribution in [2.24, 2.45) is 17.6 Å². The monoisotopic (exact) mass is 214 g/mol. The molecule has 0 heterocycles. The van der Waals surface area contributed by atoms with Crippen LogP contribution >= 0.6 is 0 Å². The Bertz CT molecular complexity index is 215. The van der Waals surface area contributed by atoms with Gasteiger partial charge in [-0.3, -0.25) is 4.79 Å². The summed E-state index contributed by atoms with van der Waals surface area (Å²) in [5.74, 6) is 0.609. The zero-order valence-corrected chi connectivity index (χ0v) is 9.82. The molecule has 0 radical (unpaired) electrons. The van der Waals surface area contributed by atoms with Gasteiger partial charge in [-0.1, -0.05) is 13.8 Å². The first-order valence-electron chi connectivity index (χ1n) is 5.60. The molecule has 1 amide bonds. The Balaban J connectivity index is 2.49. The second-order valence-corrected chi connectivity index (χ2v) is 4.69. The summed E-state index contributed by atoms with van der Waals surface area (Å²) in [5, 5.41) is 3.32. The summed E-state index contributed by atoms with van der Waals surface area (Å²) in [4.78, 5) is 11.2. The van der Waals surface area contributed by atoms with Gasteiger partial charge in [0.1, 0.15) is 0 Å². The number of nitrogens with one attached hydrogen (secondary N) is 1. The van der Waals surface area contributed by atoms with Crippen molar-refractivity contribution in [3.63, 3.8) is 0 Å². The van der Waals surface area contributed by atoms with Gasteiger partial charge >= 0.3 is 0 Å². The Morgan fingerprint density at radius 1 is 1.53 bits per heavy atom. The van der Waals surface area contributed by atoms with E-state index < -0.39 is 0 Å². The third-order valence-corrected chi connectivity index (χ3v) is 2.90. The fraction of sp³-hybridized carbons (Fsp3) is 0.909. The van der Waals surface area contributed by atoms with Gasteiger partial charge < -0.3 is 15.8 Å². The van der Waals surface area contributed by atoms with Crippen LogP contribution in [0.4, 0.5) is 0 Å². The zero-order chi connectivity index (χ0) is 11.4. The zero-order valence-electron chi connectivity index (χ0n) is 9.82. The quantitative estimate of drug-likeness (QED) is 0.649. The molecule has 88 valence electrons. The Morgan fingerprint density at radius 3 is 2.47 bits per heavy atom. The Hall–Kier alpha value is -0.610. The van der Waals surface area contributed by atoms with E-state index in [1.807, 2.05) is 13.8 Å². The van der Waals surface area contributed by atoms with Gasteiger partial charge in [0.2, 0.25) is 5.91 Å². The van der Waals surface area contributed by atoms with Crippen molar-refractivity contribution in [2.45, 2.75) is 38.8 Å². The molecule has 0 spiro atoms. The van der Waals surface area contributed by atoms with Crippen LogP contribution < -0.4 is 11.1 Å². The van der Waals surface area contributed by atoms with Crippen LogP contribution in [0.5, 0.6) is 0 Å². The lowest BCUT2D eigenvalue weighted by Gasteiger charge is -2.25. The van der Waals surface area contributed by atoms with E-state index in [0.717, 1.165) is 0 Å². The molecule has 0 bridgehead atoms. The van der Waals surface area contributed by atoms with Crippen LogP contribution in [0, 0.1) is 11.8 Å². The topological polar surface area (TPSA) is 64.3 Å². The van der Waals surface area contributed by atoms with E-state index in [2.05, 4.69) is 5.32 Å². The lowest BCUT2D eigenvalue weighted by atomic mass is 10.0. The van der Waals surface area contributed by atoms with Gasteiger partial charge in [0.15, 0.2) is 0 Å². The van der Waals surface area contributed by atoms with E-state index in [-0.39, 0.29) is 23.9 Å². The number of amides is 1. The second-order valence-electron chi connectivity index (χ2n) is 4.69. The largest absolute Gasteiger partial charge is 0.383 e. The Morgan fingerprint density at radius 2 is 2.13 bits per heavy atom. The first-order valence-corrected chi connectivity index (χ1v) is 5.60. The predicted molar refractivity (Wildman–Crippen MR) is 59.3 cm³/mol. The van der Waals surface area contributed by atoms with Crippen LogP contribution in [0.1, 0.15) is 26.7 Å². The summed E-state index contributed by atoms with van der Waals surface area (Å²) in [7, 11) is 1.69. The third-order valence-electron chi connectivity index (χ3n) is 2.90. The molecule has 3 N–H and O–H groups in total. The summed E-state index contributed by atoms with van der Waals surface area (Å²) in [6, 6.07) is 0.0284. The molecule has 15 heavy (non-hydrogen) atoms. The van der Waals surface area contributed by atoms with Gasteiger partial charge in [-0.15, -0.1) is 0 Å². The number of methoxy groups -OCH3 is 1. The van der Waals surface area contributed by atoms with Gasteiger partial charge in [0.25, 0.3) is 0 Å². The number of primary amides is 1. The molecule has 2 atom stereocenters. The van der Waals surface area contributed by atoms with Gasteiger partial charge in [0.05, 0.1) is 12.6 Å². The number of rotatable bonds is 7. The molecule has 4 nitrogen and oxygen atoms in total. The lowest BCUT2D eigenvalue weighted by molar-refractivity contribution is -0.121. The SMILES string of the molecule is COCC(NC(C(N)=O)C(C)C)C1CC1. The van der Waals surface area contributed by atoms with Crippen molar-refractivity contribution in [3.05, 3.63) is 0 Å². The number of hydrogen-bond acceptors (Lipinski definition) is 3. The fourth-order valence-corrected chi connectivity index (χ4v) is 1.83. The minimum Gasteiger partial charge on any atom is -0.383 e. The smallest absolute Gasteiger partial charge is 0.234 e. The Labute approximate surface area is 91.5 Å². The highest BCUT2D eigenvalue weighted by Gasteiger charge is 2.34. The van der Waals surface area contributed by atoms with Gasteiger partial charge in [-0.25, -0.2) is 0 Å².